The van der Waals surface area contributed by atoms with Gasteiger partial charge in [0.1, 0.15) is 12.6 Å². The highest BCUT2D eigenvalue weighted by Crippen LogP contribution is 2.13. The van der Waals surface area contributed by atoms with Crippen LogP contribution in [0.3, 0.4) is 0 Å². The smallest absolute Gasteiger partial charge is 0.110 e. The molecule has 1 heterocycles. The maximum absolute atomic E-state index is 5.36. The van der Waals surface area contributed by atoms with E-state index in [-0.39, 0.29) is 0 Å². The average Bonchev–Trinajstić information content (AvgIpc) is 1.96. The van der Waals surface area contributed by atoms with Gasteiger partial charge in [0.2, 0.25) is 0 Å². The zero-order valence-corrected chi connectivity index (χ0v) is 7.26. The largest absolute Gasteiger partial charge is 0.369 e. The molecular weight excluding hydrogens is 126 g/mol. The summed E-state index contributed by atoms with van der Waals surface area (Å²) in [6.07, 6.45) is 0. The molecule has 0 spiro atoms. The second-order valence-electron chi connectivity index (χ2n) is 3.44. The Hall–Kier alpha value is -0.0800. The molecule has 60 valence electrons. The van der Waals surface area contributed by atoms with E-state index in [9.17, 15) is 0 Å². The van der Waals surface area contributed by atoms with Gasteiger partial charge in [-0.25, -0.2) is 0 Å². The van der Waals surface area contributed by atoms with Gasteiger partial charge in [-0.3, -0.25) is 0 Å². The zero-order chi connectivity index (χ0) is 7.61. The van der Waals surface area contributed by atoms with Crippen molar-refractivity contribution in [1.29, 1.82) is 0 Å². The lowest BCUT2D eigenvalue weighted by atomic mass is 10.2. The molecule has 0 bridgehead atoms. The number of hydrogen-bond donors (Lipinski definition) is 0. The molecule has 0 N–H and O–H groups in total. The predicted molar refractivity (Wildman–Crippen MR) is 41.9 cm³/mol. The quantitative estimate of drug-likeness (QED) is 0.496. The van der Waals surface area contributed by atoms with Crippen molar-refractivity contribution in [3.8, 4) is 0 Å². The van der Waals surface area contributed by atoms with Gasteiger partial charge in [0.05, 0.1) is 26.8 Å². The molecule has 2 atom stereocenters. The molecule has 2 heteroatoms. The summed E-state index contributed by atoms with van der Waals surface area (Å²) < 4.78 is 6.54. The Kier molecular flexibility index (Phi) is 2.32. The molecule has 2 unspecified atom stereocenters. The van der Waals surface area contributed by atoms with Crippen LogP contribution in [0.2, 0.25) is 0 Å². The Balaban J connectivity index is 2.54. The molecular formula is C8H18NO+. The summed E-state index contributed by atoms with van der Waals surface area (Å²) >= 11 is 0. The Morgan fingerprint density at radius 2 is 2.30 bits per heavy atom. The molecule has 2 nitrogen and oxygen atoms in total. The fourth-order valence-electron chi connectivity index (χ4n) is 1.40. The van der Waals surface area contributed by atoms with Crippen molar-refractivity contribution in [2.45, 2.75) is 19.9 Å². The number of nitrogens with zero attached hydrogens (tertiary/aromatic N) is 1. The first-order chi connectivity index (χ1) is 4.69. The van der Waals surface area contributed by atoms with E-state index in [0.717, 1.165) is 13.2 Å². The molecule has 0 amide bonds. The molecule has 1 aliphatic heterocycles. The van der Waals surface area contributed by atoms with Gasteiger partial charge in [0, 0.05) is 0 Å². The van der Waals surface area contributed by atoms with Crippen LogP contribution in [-0.2, 0) is 4.74 Å². The maximum atomic E-state index is 5.36. The third kappa shape index (κ3) is 1.32. The van der Waals surface area contributed by atoms with Crippen molar-refractivity contribution in [3.05, 3.63) is 0 Å². The third-order valence-corrected chi connectivity index (χ3v) is 2.89. The van der Waals surface area contributed by atoms with Crippen molar-refractivity contribution >= 4 is 0 Å². The summed E-state index contributed by atoms with van der Waals surface area (Å²) in [5, 5.41) is 0. The summed E-state index contributed by atoms with van der Waals surface area (Å²) in [6.45, 7) is 8.80. The predicted octanol–water partition coefficient (Wildman–Crippen LogP) is 0.872. The van der Waals surface area contributed by atoms with Gasteiger partial charge in [-0.2, -0.15) is 0 Å². The van der Waals surface area contributed by atoms with E-state index >= 15 is 0 Å². The van der Waals surface area contributed by atoms with Gasteiger partial charge in [-0.1, -0.05) is 0 Å². The minimum absolute atomic E-state index is 0.679. The van der Waals surface area contributed by atoms with Crippen molar-refractivity contribution in [3.63, 3.8) is 0 Å². The number of rotatable bonds is 1. The second kappa shape index (κ2) is 2.89. The van der Waals surface area contributed by atoms with Crippen LogP contribution in [-0.4, -0.2) is 43.9 Å². The van der Waals surface area contributed by atoms with Gasteiger partial charge in [-0.05, 0) is 13.8 Å². The Bertz CT molecular complexity index is 116. The summed E-state index contributed by atoms with van der Waals surface area (Å²) in [7, 11) is 2.31. The SMILES string of the molecule is CC[N+]1(C)CCOCC1C. The van der Waals surface area contributed by atoms with E-state index in [1.807, 2.05) is 0 Å². The normalized spacial score (nSPS) is 41.7. The molecule has 0 saturated carbocycles. The number of hydrogen-bond acceptors (Lipinski definition) is 1. The fraction of sp³-hybridized carbons (Fsp3) is 1.00. The summed E-state index contributed by atoms with van der Waals surface area (Å²) in [4.78, 5) is 0. The van der Waals surface area contributed by atoms with E-state index in [2.05, 4.69) is 20.9 Å². The highest BCUT2D eigenvalue weighted by atomic mass is 16.5. The standard InChI is InChI=1S/C8H18NO/c1-4-9(3)5-6-10-7-8(9)2/h8H,4-7H2,1-3H3/q+1. The van der Waals surface area contributed by atoms with Gasteiger partial charge in [0.15, 0.2) is 0 Å². The van der Waals surface area contributed by atoms with E-state index < -0.39 is 0 Å². The van der Waals surface area contributed by atoms with E-state index in [1.54, 1.807) is 0 Å². The van der Waals surface area contributed by atoms with E-state index in [1.165, 1.54) is 17.6 Å². The van der Waals surface area contributed by atoms with Gasteiger partial charge in [0.25, 0.3) is 0 Å². The van der Waals surface area contributed by atoms with Gasteiger partial charge >= 0.3 is 0 Å². The molecule has 0 radical (unpaired) electrons. The third-order valence-electron chi connectivity index (χ3n) is 2.89. The summed E-state index contributed by atoms with van der Waals surface area (Å²) in [5.74, 6) is 0. The van der Waals surface area contributed by atoms with Gasteiger partial charge in [-0.15, -0.1) is 0 Å². The second-order valence-corrected chi connectivity index (χ2v) is 3.44. The molecule has 0 aromatic heterocycles. The van der Waals surface area contributed by atoms with Crippen LogP contribution in [0.5, 0.6) is 0 Å². The molecule has 0 aliphatic carbocycles. The minimum Gasteiger partial charge on any atom is -0.369 e. The number of likely N-dealkylation sites (N-methyl/N-ethyl adjacent to an activating group) is 1. The highest BCUT2D eigenvalue weighted by Gasteiger charge is 2.30. The van der Waals surface area contributed by atoms with Crippen molar-refractivity contribution < 1.29 is 9.22 Å². The lowest BCUT2D eigenvalue weighted by molar-refractivity contribution is -0.937. The number of quaternary nitrogens is 1. The minimum atomic E-state index is 0.679. The molecule has 1 fully saturated rings. The molecule has 0 aromatic rings. The number of morpholine rings is 1. The maximum Gasteiger partial charge on any atom is 0.110 e. The fourth-order valence-corrected chi connectivity index (χ4v) is 1.40. The molecule has 1 aliphatic rings. The van der Waals surface area contributed by atoms with Crippen LogP contribution in [0.25, 0.3) is 0 Å². The average molecular weight is 144 g/mol. The highest BCUT2D eigenvalue weighted by molar-refractivity contribution is 4.55. The summed E-state index contributed by atoms with van der Waals surface area (Å²) in [6, 6.07) is 0.679. The first-order valence-electron chi connectivity index (χ1n) is 4.11. The molecule has 10 heavy (non-hydrogen) atoms. The monoisotopic (exact) mass is 144 g/mol. The topological polar surface area (TPSA) is 9.23 Å². The van der Waals surface area contributed by atoms with Crippen LogP contribution in [0.4, 0.5) is 0 Å². The van der Waals surface area contributed by atoms with Crippen molar-refractivity contribution in [2.75, 3.05) is 33.4 Å². The van der Waals surface area contributed by atoms with Gasteiger partial charge < -0.3 is 9.22 Å². The Morgan fingerprint density at radius 3 is 2.70 bits per heavy atom. The van der Waals surface area contributed by atoms with E-state index in [4.69, 9.17) is 4.74 Å². The zero-order valence-electron chi connectivity index (χ0n) is 7.26. The van der Waals surface area contributed by atoms with Crippen LogP contribution in [0.1, 0.15) is 13.8 Å². The first kappa shape index (κ1) is 8.02. The molecule has 1 saturated heterocycles. The van der Waals surface area contributed by atoms with Crippen molar-refractivity contribution in [2.24, 2.45) is 0 Å². The summed E-state index contributed by atoms with van der Waals surface area (Å²) in [5.41, 5.74) is 0. The molecule has 0 aromatic carbocycles. The first-order valence-corrected chi connectivity index (χ1v) is 4.11. The Morgan fingerprint density at radius 1 is 1.60 bits per heavy atom. The lowest BCUT2D eigenvalue weighted by Crippen LogP contribution is -2.57. The number of ether oxygens (including phenoxy) is 1. The Labute approximate surface area is 63.4 Å². The molecule has 1 rings (SSSR count). The van der Waals surface area contributed by atoms with E-state index in [0.29, 0.717) is 6.04 Å². The van der Waals surface area contributed by atoms with Crippen LogP contribution >= 0.6 is 0 Å². The van der Waals surface area contributed by atoms with Crippen molar-refractivity contribution in [1.82, 2.24) is 0 Å². The van der Waals surface area contributed by atoms with Crippen LogP contribution in [0, 0.1) is 0 Å². The van der Waals surface area contributed by atoms with Crippen LogP contribution in [0.15, 0.2) is 0 Å². The van der Waals surface area contributed by atoms with Crippen LogP contribution < -0.4 is 0 Å². The lowest BCUT2D eigenvalue weighted by Gasteiger charge is -2.42.